The number of H-pyrrole nitrogens is 1. The van der Waals surface area contributed by atoms with E-state index in [0.29, 0.717) is 34.5 Å². The third-order valence-electron chi connectivity index (χ3n) is 4.46. The number of carboxylic acids is 1. The van der Waals surface area contributed by atoms with E-state index in [0.717, 1.165) is 19.4 Å². The topological polar surface area (TPSA) is 84.4 Å². The van der Waals surface area contributed by atoms with E-state index >= 15 is 0 Å². The van der Waals surface area contributed by atoms with Crippen molar-refractivity contribution in [1.82, 2.24) is 9.97 Å². The van der Waals surface area contributed by atoms with Gasteiger partial charge in [0.2, 0.25) is 0 Å². The summed E-state index contributed by atoms with van der Waals surface area (Å²) in [5, 5.41) is 9.75. The van der Waals surface area contributed by atoms with Crippen LogP contribution in [0.3, 0.4) is 0 Å². The Morgan fingerprint density at radius 3 is 3.08 bits per heavy atom. The van der Waals surface area contributed by atoms with Crippen LogP contribution in [0.15, 0.2) is 36.7 Å². The number of aromatic nitrogens is 2. The Kier molecular flexibility index (Phi) is 4.30. The summed E-state index contributed by atoms with van der Waals surface area (Å²) < 4.78 is 25.2. The van der Waals surface area contributed by atoms with Crippen LogP contribution in [0.1, 0.15) is 23.2 Å². The Bertz CT molecular complexity index is 963. The first-order valence-electron chi connectivity index (χ1n) is 8.36. The maximum atomic E-state index is 13.8. The zero-order valence-electron chi connectivity index (χ0n) is 13.9. The molecular formula is C19H17FN2O4. The standard InChI is InChI=1S/C19H17FN2O4/c20-12-3-4-17(26-10-13-2-1-5-25-13)14(7-12)11-6-15-16(19(23)24)9-22-18(15)21-8-11/h3-4,6-9,13H,1-2,5,10H2,(H,21,22)(H,23,24). The molecule has 1 fully saturated rings. The molecule has 0 aliphatic carbocycles. The van der Waals surface area contributed by atoms with Crippen LogP contribution in [-0.2, 0) is 4.74 Å². The highest BCUT2D eigenvalue weighted by Crippen LogP contribution is 2.33. The monoisotopic (exact) mass is 356 g/mol. The highest BCUT2D eigenvalue weighted by atomic mass is 19.1. The number of pyridine rings is 1. The molecule has 1 unspecified atom stereocenters. The molecule has 1 aliphatic rings. The summed E-state index contributed by atoms with van der Waals surface area (Å²) in [6.45, 7) is 1.12. The van der Waals surface area contributed by atoms with Gasteiger partial charge in [-0.25, -0.2) is 14.2 Å². The summed E-state index contributed by atoms with van der Waals surface area (Å²) in [6, 6.07) is 5.94. The fourth-order valence-corrected chi connectivity index (χ4v) is 3.14. The summed E-state index contributed by atoms with van der Waals surface area (Å²) in [4.78, 5) is 18.4. The van der Waals surface area contributed by atoms with Gasteiger partial charge < -0.3 is 19.6 Å². The molecule has 2 aromatic heterocycles. The summed E-state index contributed by atoms with van der Waals surface area (Å²) in [6.07, 6.45) is 4.95. The molecule has 134 valence electrons. The molecule has 6 nitrogen and oxygen atoms in total. The van der Waals surface area contributed by atoms with Gasteiger partial charge in [-0.05, 0) is 37.1 Å². The van der Waals surface area contributed by atoms with Crippen molar-refractivity contribution in [3.8, 4) is 16.9 Å². The van der Waals surface area contributed by atoms with Crippen molar-refractivity contribution in [3.05, 3.63) is 48.0 Å². The summed E-state index contributed by atoms with van der Waals surface area (Å²) >= 11 is 0. The van der Waals surface area contributed by atoms with Crippen LogP contribution < -0.4 is 4.74 Å². The van der Waals surface area contributed by atoms with Crippen LogP contribution in [-0.4, -0.2) is 40.4 Å². The minimum absolute atomic E-state index is 0.0387. The molecule has 4 rings (SSSR count). The number of ether oxygens (including phenoxy) is 2. The van der Waals surface area contributed by atoms with E-state index in [1.807, 2.05) is 0 Å². The van der Waals surface area contributed by atoms with Crippen molar-refractivity contribution in [2.75, 3.05) is 13.2 Å². The molecule has 0 bridgehead atoms. The van der Waals surface area contributed by atoms with Gasteiger partial charge in [-0.3, -0.25) is 0 Å². The van der Waals surface area contributed by atoms with E-state index in [4.69, 9.17) is 9.47 Å². The minimum Gasteiger partial charge on any atom is -0.490 e. The van der Waals surface area contributed by atoms with Gasteiger partial charge in [-0.1, -0.05) is 0 Å². The predicted molar refractivity (Wildman–Crippen MR) is 92.9 cm³/mol. The number of carboxylic acid groups (broad SMARTS) is 1. The smallest absolute Gasteiger partial charge is 0.337 e. The number of aromatic amines is 1. The van der Waals surface area contributed by atoms with Crippen molar-refractivity contribution < 1.29 is 23.8 Å². The van der Waals surface area contributed by atoms with E-state index in [9.17, 15) is 14.3 Å². The number of rotatable bonds is 5. The summed E-state index contributed by atoms with van der Waals surface area (Å²) in [7, 11) is 0. The number of nitrogens with zero attached hydrogens (tertiary/aromatic N) is 1. The Balaban J connectivity index is 1.71. The number of carbonyl (C=O) groups is 1. The Hall–Kier alpha value is -2.93. The fourth-order valence-electron chi connectivity index (χ4n) is 3.14. The van der Waals surface area contributed by atoms with Crippen molar-refractivity contribution in [2.24, 2.45) is 0 Å². The maximum absolute atomic E-state index is 13.8. The molecule has 7 heteroatoms. The molecule has 26 heavy (non-hydrogen) atoms. The van der Waals surface area contributed by atoms with Crippen molar-refractivity contribution in [2.45, 2.75) is 18.9 Å². The highest BCUT2D eigenvalue weighted by molar-refractivity contribution is 6.03. The largest absolute Gasteiger partial charge is 0.490 e. The Morgan fingerprint density at radius 1 is 1.42 bits per heavy atom. The summed E-state index contributed by atoms with van der Waals surface area (Å²) in [5.74, 6) is -0.947. The van der Waals surface area contributed by atoms with Gasteiger partial charge in [0.25, 0.3) is 0 Å². The second-order valence-corrected chi connectivity index (χ2v) is 6.21. The lowest BCUT2D eigenvalue weighted by atomic mass is 10.0. The van der Waals surface area contributed by atoms with Crippen LogP contribution >= 0.6 is 0 Å². The molecular weight excluding hydrogens is 339 g/mol. The molecule has 0 saturated carbocycles. The SMILES string of the molecule is O=C(O)c1c[nH]c2ncc(-c3cc(F)ccc3OCC3CCCO3)cc12. The highest BCUT2D eigenvalue weighted by Gasteiger charge is 2.18. The Morgan fingerprint density at radius 2 is 2.31 bits per heavy atom. The molecule has 1 aliphatic heterocycles. The molecule has 1 aromatic carbocycles. The number of hydrogen-bond donors (Lipinski definition) is 2. The third-order valence-corrected chi connectivity index (χ3v) is 4.46. The van der Waals surface area contributed by atoms with Crippen LogP contribution in [0.4, 0.5) is 4.39 Å². The first-order valence-corrected chi connectivity index (χ1v) is 8.36. The number of halogens is 1. The molecule has 3 aromatic rings. The first-order chi connectivity index (χ1) is 12.6. The van der Waals surface area contributed by atoms with Gasteiger partial charge in [-0.2, -0.15) is 0 Å². The van der Waals surface area contributed by atoms with Crippen molar-refractivity contribution in [1.29, 1.82) is 0 Å². The second-order valence-electron chi connectivity index (χ2n) is 6.21. The van der Waals surface area contributed by atoms with Crippen LogP contribution in [0.2, 0.25) is 0 Å². The van der Waals surface area contributed by atoms with Gasteiger partial charge in [-0.15, -0.1) is 0 Å². The van der Waals surface area contributed by atoms with Gasteiger partial charge in [0, 0.05) is 35.5 Å². The lowest BCUT2D eigenvalue weighted by Crippen LogP contribution is -2.16. The van der Waals surface area contributed by atoms with Crippen LogP contribution in [0.5, 0.6) is 5.75 Å². The van der Waals surface area contributed by atoms with Gasteiger partial charge >= 0.3 is 5.97 Å². The van der Waals surface area contributed by atoms with Crippen LogP contribution in [0.25, 0.3) is 22.2 Å². The number of hydrogen-bond acceptors (Lipinski definition) is 4. The Labute approximate surface area is 148 Å². The third kappa shape index (κ3) is 3.13. The average Bonchev–Trinajstić information content (AvgIpc) is 3.29. The number of nitrogens with one attached hydrogen (secondary N) is 1. The van der Waals surface area contributed by atoms with E-state index in [1.165, 1.54) is 18.3 Å². The lowest BCUT2D eigenvalue weighted by Gasteiger charge is -2.15. The maximum Gasteiger partial charge on any atom is 0.337 e. The van der Waals surface area contributed by atoms with E-state index in [-0.39, 0.29) is 11.7 Å². The second kappa shape index (κ2) is 6.76. The normalized spacial score (nSPS) is 16.9. The van der Waals surface area contributed by atoms with Gasteiger partial charge in [0.1, 0.15) is 23.8 Å². The molecule has 1 saturated heterocycles. The zero-order valence-corrected chi connectivity index (χ0v) is 13.9. The van der Waals surface area contributed by atoms with Gasteiger partial charge in [0.05, 0.1) is 11.7 Å². The molecule has 0 spiro atoms. The molecule has 0 amide bonds. The summed E-state index contributed by atoms with van der Waals surface area (Å²) in [5.41, 5.74) is 1.69. The van der Waals surface area contributed by atoms with E-state index in [1.54, 1.807) is 18.3 Å². The van der Waals surface area contributed by atoms with Crippen molar-refractivity contribution in [3.63, 3.8) is 0 Å². The van der Waals surface area contributed by atoms with Crippen LogP contribution in [0, 0.1) is 5.82 Å². The minimum atomic E-state index is -1.05. The predicted octanol–water partition coefficient (Wildman–Crippen LogP) is 3.63. The average molecular weight is 356 g/mol. The van der Waals surface area contributed by atoms with E-state index in [2.05, 4.69) is 9.97 Å². The zero-order chi connectivity index (χ0) is 18.1. The lowest BCUT2D eigenvalue weighted by molar-refractivity contribution is 0.0681. The molecule has 1 atom stereocenters. The quantitative estimate of drug-likeness (QED) is 0.729. The number of aromatic carboxylic acids is 1. The van der Waals surface area contributed by atoms with Crippen molar-refractivity contribution >= 4 is 17.0 Å². The molecule has 0 radical (unpaired) electrons. The van der Waals surface area contributed by atoms with E-state index < -0.39 is 11.8 Å². The number of fused-ring (bicyclic) bond motifs is 1. The number of benzene rings is 1. The van der Waals surface area contributed by atoms with Gasteiger partial charge in [0.15, 0.2) is 0 Å². The fraction of sp³-hybridized carbons (Fsp3) is 0.263. The molecule has 3 heterocycles. The molecule has 2 N–H and O–H groups in total. The first kappa shape index (κ1) is 16.5.